The summed E-state index contributed by atoms with van der Waals surface area (Å²) in [6, 6.07) is 0. The molecule has 6 N–H and O–H groups in total. The maximum absolute atomic E-state index is 10.4. The van der Waals surface area contributed by atoms with Crippen LogP contribution in [0.15, 0.2) is 0 Å². The van der Waals surface area contributed by atoms with Crippen LogP contribution in [-0.4, -0.2) is 35.5 Å². The highest BCUT2D eigenvalue weighted by molar-refractivity contribution is 7.66. The second-order valence-electron chi connectivity index (χ2n) is 7.00. The van der Waals surface area contributed by atoms with E-state index < -0.39 is 29.4 Å². The number of carbonyl (C=O) groups is 1. The van der Waals surface area contributed by atoms with Gasteiger partial charge in [-0.15, -0.1) is 0 Å². The molecular formula is C16H37O12P3. The molecular weight excluding hydrogens is 477 g/mol. The van der Waals surface area contributed by atoms with Crippen LogP contribution in [0.3, 0.4) is 0 Å². The molecule has 0 amide bonds. The van der Waals surface area contributed by atoms with E-state index in [1.54, 1.807) is 0 Å². The van der Waals surface area contributed by atoms with E-state index in [0.717, 1.165) is 12.8 Å². The molecule has 0 fully saturated rings. The zero-order chi connectivity index (χ0) is 24.4. The van der Waals surface area contributed by atoms with Crippen molar-refractivity contribution in [3.8, 4) is 0 Å². The van der Waals surface area contributed by atoms with E-state index in [1.165, 1.54) is 70.6 Å². The van der Waals surface area contributed by atoms with Crippen molar-refractivity contribution in [3.63, 3.8) is 0 Å². The summed E-state index contributed by atoms with van der Waals surface area (Å²) in [7, 11) is -16.2. The van der Waals surface area contributed by atoms with Crippen molar-refractivity contribution < 1.29 is 56.7 Å². The van der Waals surface area contributed by atoms with Crippen LogP contribution in [0.4, 0.5) is 0 Å². The Hall–Kier alpha value is -0.120. The van der Waals surface area contributed by atoms with Crippen LogP contribution >= 0.6 is 23.5 Å². The molecule has 15 heteroatoms. The average Bonchev–Trinajstić information content (AvgIpc) is 2.55. The van der Waals surface area contributed by atoms with Crippen molar-refractivity contribution in [2.75, 3.05) is 0 Å². The van der Waals surface area contributed by atoms with Gasteiger partial charge in [-0.2, -0.15) is 8.62 Å². The molecule has 0 radical (unpaired) electrons. The maximum Gasteiger partial charge on any atom is 0.490 e. The van der Waals surface area contributed by atoms with Crippen LogP contribution in [0.25, 0.3) is 0 Å². The van der Waals surface area contributed by atoms with E-state index in [4.69, 9.17) is 29.6 Å². The van der Waals surface area contributed by atoms with Crippen molar-refractivity contribution in [3.05, 3.63) is 0 Å². The molecule has 12 nitrogen and oxygen atoms in total. The monoisotopic (exact) mass is 514 g/mol. The second kappa shape index (κ2) is 18.3. The predicted octanol–water partition coefficient (Wildman–Crippen LogP) is 4.86. The van der Waals surface area contributed by atoms with Crippen LogP contribution in [0, 0.1) is 0 Å². The van der Waals surface area contributed by atoms with Gasteiger partial charge in [-0.25, -0.2) is 13.7 Å². The number of phosphoric acid groups is 3. The van der Waals surface area contributed by atoms with Gasteiger partial charge >= 0.3 is 29.4 Å². The standard InChI is InChI=1S/C16H32O2.H5O10P3/c1-2-3-4-5-6-7-8-9-10-11-12-13-14-15-16(17)18;1-11(2,3)9-13(7,8)10-12(4,5)6/h2-15H2,1H3,(H,17,18);(H,7,8)(H2,1,2,3)(H2,4,5,6). The minimum absolute atomic E-state index is 0.345. The highest BCUT2D eigenvalue weighted by Crippen LogP contribution is 2.64. The van der Waals surface area contributed by atoms with Gasteiger partial charge in [0.1, 0.15) is 0 Å². The van der Waals surface area contributed by atoms with Crippen molar-refractivity contribution >= 4 is 29.4 Å². The zero-order valence-corrected chi connectivity index (χ0v) is 20.6. The van der Waals surface area contributed by atoms with E-state index >= 15 is 0 Å². The number of aliphatic carboxylic acids is 1. The number of unbranched alkanes of at least 4 members (excludes halogenated alkanes) is 12. The average molecular weight is 514 g/mol. The van der Waals surface area contributed by atoms with E-state index in [-0.39, 0.29) is 0 Å². The first kappa shape index (κ1) is 33.1. The lowest BCUT2D eigenvalue weighted by molar-refractivity contribution is -0.137. The van der Waals surface area contributed by atoms with Crippen LogP contribution in [0.5, 0.6) is 0 Å². The van der Waals surface area contributed by atoms with Crippen LogP contribution in [-0.2, 0) is 27.1 Å². The summed E-state index contributed by atoms with van der Waals surface area (Å²) in [5.41, 5.74) is 0. The summed E-state index contributed by atoms with van der Waals surface area (Å²) in [6.45, 7) is 2.26. The maximum atomic E-state index is 10.4. The molecule has 0 aromatic heterocycles. The zero-order valence-electron chi connectivity index (χ0n) is 17.9. The molecule has 31 heavy (non-hydrogen) atoms. The third kappa shape index (κ3) is 32.1. The van der Waals surface area contributed by atoms with Gasteiger partial charge in [-0.3, -0.25) is 4.79 Å². The summed E-state index contributed by atoms with van der Waals surface area (Å²) in [5.74, 6) is -0.655. The molecule has 0 aliphatic rings. The fraction of sp³-hybridized carbons (Fsp3) is 0.938. The van der Waals surface area contributed by atoms with Gasteiger partial charge in [0.2, 0.25) is 0 Å². The Labute approximate surface area is 183 Å². The smallest absolute Gasteiger partial charge is 0.481 e. The molecule has 0 aromatic rings. The Morgan fingerprint density at radius 1 is 0.613 bits per heavy atom. The molecule has 0 bridgehead atoms. The lowest BCUT2D eigenvalue weighted by atomic mass is 10.0. The first-order chi connectivity index (χ1) is 14.2. The lowest BCUT2D eigenvalue weighted by Crippen LogP contribution is -1.93. The van der Waals surface area contributed by atoms with E-state index in [2.05, 4.69) is 15.5 Å². The summed E-state index contributed by atoms with van der Waals surface area (Å²) >= 11 is 0. The number of hydrogen-bond acceptors (Lipinski definition) is 6. The quantitative estimate of drug-likeness (QED) is 0.107. The highest BCUT2D eigenvalue weighted by atomic mass is 31.3. The third-order valence-corrected chi connectivity index (χ3v) is 7.27. The lowest BCUT2D eigenvalue weighted by Gasteiger charge is -2.11. The molecule has 0 aliphatic heterocycles. The van der Waals surface area contributed by atoms with Crippen molar-refractivity contribution in [1.29, 1.82) is 0 Å². The largest absolute Gasteiger partial charge is 0.490 e. The Bertz CT molecular complexity index is 573. The van der Waals surface area contributed by atoms with Gasteiger partial charge in [0.25, 0.3) is 0 Å². The van der Waals surface area contributed by atoms with Crippen molar-refractivity contribution in [1.82, 2.24) is 0 Å². The minimum atomic E-state index is -5.46. The number of hydrogen-bond donors (Lipinski definition) is 6. The highest BCUT2D eigenvalue weighted by Gasteiger charge is 2.38. The van der Waals surface area contributed by atoms with Gasteiger partial charge in [0.15, 0.2) is 0 Å². The molecule has 0 aromatic carbocycles. The van der Waals surface area contributed by atoms with E-state index in [9.17, 15) is 18.5 Å². The van der Waals surface area contributed by atoms with Gasteiger partial charge in [0, 0.05) is 6.42 Å². The topological polar surface area (TPSA) is 208 Å². The minimum Gasteiger partial charge on any atom is -0.481 e. The molecule has 0 saturated carbocycles. The Morgan fingerprint density at radius 2 is 0.903 bits per heavy atom. The summed E-state index contributed by atoms with van der Waals surface area (Å²) in [6.07, 6.45) is 17.3. The SMILES string of the molecule is CCCCCCCCCCCCCCCC(=O)O.O=P(O)(O)OP(=O)(O)OP(=O)(O)O. The number of rotatable bonds is 18. The predicted molar refractivity (Wildman–Crippen MR) is 114 cm³/mol. The molecule has 0 unspecified atom stereocenters. The molecule has 0 atom stereocenters. The summed E-state index contributed by atoms with van der Waals surface area (Å²) in [5, 5.41) is 8.49. The molecule has 0 spiro atoms. The van der Waals surface area contributed by atoms with Gasteiger partial charge in [0.05, 0.1) is 0 Å². The molecule has 0 heterocycles. The summed E-state index contributed by atoms with van der Waals surface area (Å²) in [4.78, 5) is 50.5. The number of carboxylic acids is 1. The van der Waals surface area contributed by atoms with E-state index in [1.807, 2.05) is 0 Å². The molecule has 188 valence electrons. The normalized spacial score (nSPS) is 12.3. The third-order valence-electron chi connectivity index (χ3n) is 3.91. The second-order valence-corrected chi connectivity index (χ2v) is 11.2. The van der Waals surface area contributed by atoms with Crippen LogP contribution < -0.4 is 0 Å². The Balaban J connectivity index is 0. The number of carboxylic acid groups (broad SMARTS) is 1. The van der Waals surface area contributed by atoms with Crippen molar-refractivity contribution in [2.45, 2.75) is 96.8 Å². The van der Waals surface area contributed by atoms with Crippen molar-refractivity contribution in [2.24, 2.45) is 0 Å². The van der Waals surface area contributed by atoms with Crippen LogP contribution in [0.2, 0.25) is 0 Å². The first-order valence-corrected chi connectivity index (χ1v) is 14.8. The van der Waals surface area contributed by atoms with Gasteiger partial charge in [-0.05, 0) is 6.42 Å². The Morgan fingerprint density at radius 3 is 1.16 bits per heavy atom. The molecule has 0 rings (SSSR count). The van der Waals surface area contributed by atoms with Crippen LogP contribution in [0.1, 0.15) is 96.8 Å². The van der Waals surface area contributed by atoms with E-state index in [0.29, 0.717) is 6.42 Å². The molecule has 0 aliphatic carbocycles. The first-order valence-electron chi connectivity index (χ1n) is 10.3. The fourth-order valence-corrected chi connectivity index (χ4v) is 5.12. The Kier molecular flexibility index (Phi) is 19.5. The van der Waals surface area contributed by atoms with Gasteiger partial charge < -0.3 is 29.6 Å². The fourth-order valence-electron chi connectivity index (χ4n) is 2.58. The molecule has 0 saturated heterocycles. The van der Waals surface area contributed by atoms with Gasteiger partial charge in [-0.1, -0.05) is 84.0 Å². The summed E-state index contributed by atoms with van der Waals surface area (Å²) < 4.78 is 36.4.